The summed E-state index contributed by atoms with van der Waals surface area (Å²) >= 11 is 1.87. The molecule has 1 heterocycles. The van der Waals surface area contributed by atoms with Crippen molar-refractivity contribution in [2.45, 2.75) is 53.5 Å². The first kappa shape index (κ1) is 18.7. The molecule has 0 aliphatic heterocycles. The average Bonchev–Trinajstić information content (AvgIpc) is 2.99. The van der Waals surface area contributed by atoms with Crippen LogP contribution in [0.25, 0.3) is 0 Å². The lowest BCUT2D eigenvalue weighted by Gasteiger charge is -2.38. The van der Waals surface area contributed by atoms with Crippen LogP contribution < -0.4 is 5.32 Å². The summed E-state index contributed by atoms with van der Waals surface area (Å²) in [6.07, 6.45) is 2.46. The van der Waals surface area contributed by atoms with Crippen molar-refractivity contribution in [3.05, 3.63) is 22.4 Å². The van der Waals surface area contributed by atoms with Gasteiger partial charge in [-0.2, -0.15) is 0 Å². The number of hydrogen-bond donors (Lipinski definition) is 1. The van der Waals surface area contributed by atoms with Crippen LogP contribution in [0, 0.1) is 11.3 Å². The lowest BCUT2D eigenvalue weighted by molar-refractivity contribution is 0.128. The Morgan fingerprint density at radius 1 is 1.24 bits per heavy atom. The summed E-state index contributed by atoms with van der Waals surface area (Å²) in [6.45, 7) is 14.9. The van der Waals surface area contributed by atoms with E-state index in [1.54, 1.807) is 0 Å². The molecular formula is C18H34N2S. The third-order valence-electron chi connectivity index (χ3n) is 4.75. The number of rotatable bonds is 10. The van der Waals surface area contributed by atoms with E-state index >= 15 is 0 Å². The fourth-order valence-corrected chi connectivity index (χ4v) is 3.67. The van der Waals surface area contributed by atoms with E-state index in [0.717, 1.165) is 25.6 Å². The zero-order valence-electron chi connectivity index (χ0n) is 14.8. The molecule has 21 heavy (non-hydrogen) atoms. The van der Waals surface area contributed by atoms with Gasteiger partial charge in [0.05, 0.1) is 0 Å². The predicted molar refractivity (Wildman–Crippen MR) is 96.1 cm³/mol. The van der Waals surface area contributed by atoms with Crippen molar-refractivity contribution in [2.75, 3.05) is 26.7 Å². The molecule has 1 atom stereocenters. The Bertz CT molecular complexity index is 369. The van der Waals surface area contributed by atoms with E-state index in [-0.39, 0.29) is 0 Å². The molecule has 0 amide bonds. The van der Waals surface area contributed by atoms with E-state index in [1.807, 2.05) is 11.3 Å². The molecule has 0 aliphatic carbocycles. The molecule has 1 unspecified atom stereocenters. The molecule has 0 saturated heterocycles. The second kappa shape index (κ2) is 8.92. The predicted octanol–water partition coefficient (Wildman–Crippen LogP) is 4.79. The molecule has 1 aromatic heterocycles. The van der Waals surface area contributed by atoms with Gasteiger partial charge < -0.3 is 5.32 Å². The number of hydrogen-bond acceptors (Lipinski definition) is 3. The number of thiophene rings is 1. The molecule has 0 spiro atoms. The summed E-state index contributed by atoms with van der Waals surface area (Å²) in [5.74, 6) is 0.721. The molecule has 0 aromatic carbocycles. The van der Waals surface area contributed by atoms with Gasteiger partial charge in [-0.1, -0.05) is 33.8 Å². The van der Waals surface area contributed by atoms with E-state index in [1.165, 1.54) is 17.7 Å². The van der Waals surface area contributed by atoms with Crippen LogP contribution in [0.1, 0.15) is 58.4 Å². The first-order chi connectivity index (χ1) is 9.94. The Hall–Kier alpha value is -0.380. The van der Waals surface area contributed by atoms with Gasteiger partial charge in [-0.3, -0.25) is 4.90 Å². The Morgan fingerprint density at radius 2 is 1.90 bits per heavy atom. The van der Waals surface area contributed by atoms with Gasteiger partial charge in [-0.15, -0.1) is 11.3 Å². The topological polar surface area (TPSA) is 15.3 Å². The van der Waals surface area contributed by atoms with Gasteiger partial charge in [0.2, 0.25) is 0 Å². The van der Waals surface area contributed by atoms with Crippen LogP contribution in [0.5, 0.6) is 0 Å². The maximum Gasteiger partial charge on any atom is 0.0410 e. The minimum absolute atomic E-state index is 0.384. The number of nitrogens with zero attached hydrogens (tertiary/aromatic N) is 1. The fraction of sp³-hybridized carbons (Fsp3) is 0.778. The monoisotopic (exact) mass is 310 g/mol. The normalized spacial score (nSPS) is 14.1. The van der Waals surface area contributed by atoms with Crippen LogP contribution in [0.4, 0.5) is 0 Å². The lowest BCUT2D eigenvalue weighted by atomic mass is 9.81. The second-order valence-corrected chi connectivity index (χ2v) is 7.82. The van der Waals surface area contributed by atoms with Crippen LogP contribution in [-0.4, -0.2) is 31.6 Å². The highest BCUT2D eigenvalue weighted by Gasteiger charge is 2.29. The van der Waals surface area contributed by atoms with E-state index in [9.17, 15) is 0 Å². The smallest absolute Gasteiger partial charge is 0.0410 e. The first-order valence-corrected chi connectivity index (χ1v) is 9.26. The van der Waals surface area contributed by atoms with E-state index in [4.69, 9.17) is 0 Å². The zero-order chi connectivity index (χ0) is 15.9. The molecule has 1 aromatic rings. The summed E-state index contributed by atoms with van der Waals surface area (Å²) in [5, 5.41) is 5.86. The highest BCUT2D eigenvalue weighted by molar-refractivity contribution is 7.10. The molecular weight excluding hydrogens is 276 g/mol. The molecule has 3 heteroatoms. The van der Waals surface area contributed by atoms with Gasteiger partial charge in [0.15, 0.2) is 0 Å². The van der Waals surface area contributed by atoms with Gasteiger partial charge in [0, 0.05) is 24.0 Å². The minimum Gasteiger partial charge on any atom is -0.316 e. The molecule has 122 valence electrons. The van der Waals surface area contributed by atoms with Crippen LogP contribution in [0.2, 0.25) is 0 Å². The highest BCUT2D eigenvalue weighted by atomic mass is 32.1. The minimum atomic E-state index is 0.384. The van der Waals surface area contributed by atoms with Gasteiger partial charge in [-0.05, 0) is 56.1 Å². The molecule has 1 rings (SSSR count). The van der Waals surface area contributed by atoms with E-state index < -0.39 is 0 Å². The summed E-state index contributed by atoms with van der Waals surface area (Å²) in [6, 6.07) is 4.91. The number of nitrogens with one attached hydrogen (secondary N) is 1. The largest absolute Gasteiger partial charge is 0.316 e. The van der Waals surface area contributed by atoms with Crippen molar-refractivity contribution >= 4 is 11.3 Å². The molecule has 2 nitrogen and oxygen atoms in total. The third kappa shape index (κ3) is 5.72. The van der Waals surface area contributed by atoms with Crippen molar-refractivity contribution in [3.8, 4) is 0 Å². The SMILES string of the molecule is CCC(CC)(CNCC(C)C)CN(C)C(C)c1cccs1. The van der Waals surface area contributed by atoms with Crippen LogP contribution in [0.3, 0.4) is 0 Å². The van der Waals surface area contributed by atoms with Crippen LogP contribution in [0.15, 0.2) is 17.5 Å². The first-order valence-electron chi connectivity index (χ1n) is 8.38. The third-order valence-corrected chi connectivity index (χ3v) is 5.80. The maximum absolute atomic E-state index is 3.68. The Labute approximate surface area is 135 Å². The summed E-state index contributed by atoms with van der Waals surface area (Å²) in [7, 11) is 2.27. The molecule has 0 bridgehead atoms. The van der Waals surface area contributed by atoms with Crippen molar-refractivity contribution in [1.82, 2.24) is 10.2 Å². The summed E-state index contributed by atoms with van der Waals surface area (Å²) in [5.41, 5.74) is 0.384. The van der Waals surface area contributed by atoms with Gasteiger partial charge in [0.1, 0.15) is 0 Å². The summed E-state index contributed by atoms with van der Waals surface area (Å²) in [4.78, 5) is 3.99. The van der Waals surface area contributed by atoms with Crippen molar-refractivity contribution in [1.29, 1.82) is 0 Å². The highest BCUT2D eigenvalue weighted by Crippen LogP contribution is 2.31. The molecule has 0 saturated carbocycles. The standard InChI is InChI=1S/C18H34N2S/c1-7-18(8-2,13-19-12-15(3)4)14-20(6)16(5)17-10-9-11-21-17/h9-11,15-16,19H,7-8,12-14H2,1-6H3. The second-order valence-electron chi connectivity index (χ2n) is 6.84. The van der Waals surface area contributed by atoms with E-state index in [2.05, 4.69) is 69.4 Å². The zero-order valence-corrected chi connectivity index (χ0v) is 15.6. The van der Waals surface area contributed by atoms with Gasteiger partial charge in [0.25, 0.3) is 0 Å². The molecule has 0 aliphatic rings. The average molecular weight is 311 g/mol. The van der Waals surface area contributed by atoms with Crippen LogP contribution in [-0.2, 0) is 0 Å². The maximum atomic E-state index is 3.68. The molecule has 0 radical (unpaired) electrons. The lowest BCUT2D eigenvalue weighted by Crippen LogP contribution is -2.43. The Morgan fingerprint density at radius 3 is 2.38 bits per heavy atom. The molecule has 1 N–H and O–H groups in total. The van der Waals surface area contributed by atoms with Gasteiger partial charge in [-0.25, -0.2) is 0 Å². The van der Waals surface area contributed by atoms with Crippen molar-refractivity contribution in [2.24, 2.45) is 11.3 Å². The molecule has 0 fully saturated rings. The summed E-state index contributed by atoms with van der Waals surface area (Å²) < 4.78 is 0. The van der Waals surface area contributed by atoms with Gasteiger partial charge >= 0.3 is 0 Å². The fourth-order valence-electron chi connectivity index (χ4n) is 2.82. The Balaban J connectivity index is 2.63. The van der Waals surface area contributed by atoms with Crippen molar-refractivity contribution < 1.29 is 0 Å². The van der Waals surface area contributed by atoms with Crippen molar-refractivity contribution in [3.63, 3.8) is 0 Å². The Kier molecular flexibility index (Phi) is 7.93. The van der Waals surface area contributed by atoms with E-state index in [0.29, 0.717) is 11.5 Å². The quantitative estimate of drug-likeness (QED) is 0.668. The van der Waals surface area contributed by atoms with Crippen LogP contribution >= 0.6 is 11.3 Å².